The molecule has 2 atom stereocenters. The zero-order valence-corrected chi connectivity index (χ0v) is 16.8. The molecule has 0 radical (unpaired) electrons. The fourth-order valence-corrected chi connectivity index (χ4v) is 3.53. The number of ether oxygens (including phenoxy) is 2. The second-order valence-electron chi connectivity index (χ2n) is 7.28. The maximum atomic E-state index is 12.1. The highest BCUT2D eigenvalue weighted by atomic mass is 16.5. The van der Waals surface area contributed by atoms with E-state index in [0.29, 0.717) is 18.0 Å². The molecule has 2 aromatic carbocycles. The zero-order chi connectivity index (χ0) is 19.9. The number of para-hydroxylation sites is 2. The fraction of sp³-hybridized carbons (Fsp3) is 0.409. The van der Waals surface area contributed by atoms with Crippen molar-refractivity contribution in [3.63, 3.8) is 0 Å². The third-order valence-corrected chi connectivity index (χ3v) is 4.73. The topological polar surface area (TPSA) is 62.8 Å². The van der Waals surface area contributed by atoms with E-state index in [1.165, 1.54) is 5.56 Å². The molecule has 2 amide bonds. The summed E-state index contributed by atoms with van der Waals surface area (Å²) in [6.45, 7) is 7.53. The number of methoxy groups -OCH3 is 1. The number of hydrogen-bond donors (Lipinski definition) is 2. The van der Waals surface area contributed by atoms with Gasteiger partial charge in [0.25, 0.3) is 0 Å². The highest BCUT2D eigenvalue weighted by Crippen LogP contribution is 2.22. The first-order valence-electron chi connectivity index (χ1n) is 9.67. The summed E-state index contributed by atoms with van der Waals surface area (Å²) in [4.78, 5) is 14.6. The molecule has 150 valence electrons. The molecule has 0 unspecified atom stereocenters. The van der Waals surface area contributed by atoms with E-state index >= 15 is 0 Å². The van der Waals surface area contributed by atoms with Gasteiger partial charge in [0.05, 0.1) is 25.0 Å². The summed E-state index contributed by atoms with van der Waals surface area (Å²) < 4.78 is 11.0. The largest absolute Gasteiger partial charge is 0.495 e. The number of carbonyl (C=O) groups excluding carboxylic acids is 1. The van der Waals surface area contributed by atoms with Crippen LogP contribution in [0.1, 0.15) is 25.0 Å². The van der Waals surface area contributed by atoms with Gasteiger partial charge >= 0.3 is 6.03 Å². The molecule has 6 nitrogen and oxygen atoms in total. The van der Waals surface area contributed by atoms with E-state index in [-0.39, 0.29) is 18.2 Å². The molecule has 0 saturated carbocycles. The second kappa shape index (κ2) is 9.57. The average molecular weight is 383 g/mol. The number of hydrogen-bond acceptors (Lipinski definition) is 4. The minimum absolute atomic E-state index is 0.259. The lowest BCUT2D eigenvalue weighted by atomic mass is 10.1. The number of nitrogens with one attached hydrogen (secondary N) is 2. The summed E-state index contributed by atoms with van der Waals surface area (Å²) in [6, 6.07) is 15.4. The van der Waals surface area contributed by atoms with Crippen molar-refractivity contribution in [1.29, 1.82) is 0 Å². The second-order valence-corrected chi connectivity index (χ2v) is 7.28. The first-order valence-corrected chi connectivity index (χ1v) is 9.67. The molecule has 1 saturated heterocycles. The number of benzene rings is 2. The van der Waals surface area contributed by atoms with Gasteiger partial charge in [-0.2, -0.15) is 0 Å². The van der Waals surface area contributed by atoms with Crippen LogP contribution in [0.15, 0.2) is 48.5 Å². The highest BCUT2D eigenvalue weighted by molar-refractivity contribution is 5.90. The van der Waals surface area contributed by atoms with Gasteiger partial charge in [-0.3, -0.25) is 4.90 Å². The summed E-state index contributed by atoms with van der Waals surface area (Å²) in [5.41, 5.74) is 2.97. The average Bonchev–Trinajstić information content (AvgIpc) is 2.67. The van der Waals surface area contributed by atoms with Gasteiger partial charge < -0.3 is 20.1 Å². The van der Waals surface area contributed by atoms with Crippen molar-refractivity contribution in [3.8, 4) is 5.75 Å². The Labute approximate surface area is 166 Å². The molecule has 1 fully saturated rings. The van der Waals surface area contributed by atoms with Gasteiger partial charge in [-0.1, -0.05) is 36.4 Å². The minimum atomic E-state index is -0.259. The normalized spacial score (nSPS) is 19.8. The summed E-state index contributed by atoms with van der Waals surface area (Å²) in [5, 5.41) is 5.69. The predicted molar refractivity (Wildman–Crippen MR) is 111 cm³/mol. The third-order valence-electron chi connectivity index (χ3n) is 4.73. The van der Waals surface area contributed by atoms with Crippen LogP contribution in [0, 0.1) is 0 Å². The Morgan fingerprint density at radius 1 is 1.07 bits per heavy atom. The number of anilines is 1. The SMILES string of the molecule is COc1ccccc1NC(=O)NCc1ccc(CN2C[C@@H](C)O[C@@H](C)C2)cc1. The summed E-state index contributed by atoms with van der Waals surface area (Å²) in [5.74, 6) is 0.633. The molecule has 3 rings (SSSR count). The molecule has 0 bridgehead atoms. The van der Waals surface area contributed by atoms with Crippen LogP contribution >= 0.6 is 0 Å². The smallest absolute Gasteiger partial charge is 0.319 e. The van der Waals surface area contributed by atoms with Crippen LogP contribution in [0.25, 0.3) is 0 Å². The number of carbonyl (C=O) groups is 1. The van der Waals surface area contributed by atoms with Crippen LogP contribution in [0.5, 0.6) is 5.75 Å². The quantitative estimate of drug-likeness (QED) is 0.800. The number of urea groups is 1. The number of morpholine rings is 1. The van der Waals surface area contributed by atoms with Crippen molar-refractivity contribution in [2.75, 3.05) is 25.5 Å². The van der Waals surface area contributed by atoms with E-state index < -0.39 is 0 Å². The Bertz CT molecular complexity index is 769. The van der Waals surface area contributed by atoms with Crippen LogP contribution in [0.3, 0.4) is 0 Å². The van der Waals surface area contributed by atoms with Crippen LogP contribution < -0.4 is 15.4 Å². The van der Waals surface area contributed by atoms with Crippen LogP contribution in [0.2, 0.25) is 0 Å². The maximum Gasteiger partial charge on any atom is 0.319 e. The van der Waals surface area contributed by atoms with E-state index in [1.54, 1.807) is 13.2 Å². The zero-order valence-electron chi connectivity index (χ0n) is 16.8. The van der Waals surface area contributed by atoms with Gasteiger partial charge in [0, 0.05) is 26.2 Å². The molecule has 2 N–H and O–H groups in total. The molecule has 28 heavy (non-hydrogen) atoms. The number of nitrogens with zero attached hydrogens (tertiary/aromatic N) is 1. The van der Waals surface area contributed by atoms with Crippen LogP contribution in [-0.4, -0.2) is 43.3 Å². The molecule has 0 aliphatic carbocycles. The van der Waals surface area contributed by atoms with E-state index in [2.05, 4.69) is 53.6 Å². The first-order chi connectivity index (χ1) is 13.5. The van der Waals surface area contributed by atoms with Crippen molar-refractivity contribution in [3.05, 3.63) is 59.7 Å². The van der Waals surface area contributed by atoms with Gasteiger partial charge in [0.15, 0.2) is 0 Å². The van der Waals surface area contributed by atoms with Crippen molar-refractivity contribution in [1.82, 2.24) is 10.2 Å². The molecule has 0 spiro atoms. The monoisotopic (exact) mass is 383 g/mol. The van der Waals surface area contributed by atoms with Gasteiger partial charge in [0.2, 0.25) is 0 Å². The van der Waals surface area contributed by atoms with Crippen molar-refractivity contribution in [2.45, 2.75) is 39.1 Å². The molecule has 0 aromatic heterocycles. The molecular formula is C22H29N3O3. The lowest BCUT2D eigenvalue weighted by molar-refractivity contribution is -0.0704. The molecular weight excluding hydrogens is 354 g/mol. The Morgan fingerprint density at radius 2 is 1.71 bits per heavy atom. The maximum absolute atomic E-state index is 12.1. The molecule has 1 aliphatic rings. The molecule has 1 heterocycles. The lowest BCUT2D eigenvalue weighted by Gasteiger charge is -2.35. The third kappa shape index (κ3) is 5.71. The molecule has 6 heteroatoms. The van der Waals surface area contributed by atoms with Crippen molar-refractivity contribution < 1.29 is 14.3 Å². The highest BCUT2D eigenvalue weighted by Gasteiger charge is 2.21. The Kier molecular flexibility index (Phi) is 6.90. The predicted octanol–water partition coefficient (Wildman–Crippen LogP) is 3.63. The lowest BCUT2D eigenvalue weighted by Crippen LogP contribution is -2.44. The van der Waals surface area contributed by atoms with Crippen LogP contribution in [-0.2, 0) is 17.8 Å². The van der Waals surface area contributed by atoms with Crippen molar-refractivity contribution >= 4 is 11.7 Å². The summed E-state index contributed by atoms with van der Waals surface area (Å²) >= 11 is 0. The Morgan fingerprint density at radius 3 is 2.39 bits per heavy atom. The van der Waals surface area contributed by atoms with Crippen molar-refractivity contribution in [2.24, 2.45) is 0 Å². The van der Waals surface area contributed by atoms with E-state index in [0.717, 1.165) is 25.2 Å². The summed E-state index contributed by atoms with van der Waals surface area (Å²) in [7, 11) is 1.58. The van der Waals surface area contributed by atoms with E-state index in [9.17, 15) is 4.79 Å². The Balaban J connectivity index is 1.48. The summed E-state index contributed by atoms with van der Waals surface area (Å²) in [6.07, 6.45) is 0.544. The number of rotatable bonds is 6. The first kappa shape index (κ1) is 20.2. The van der Waals surface area contributed by atoms with Gasteiger partial charge in [-0.05, 0) is 37.1 Å². The van der Waals surface area contributed by atoms with E-state index in [4.69, 9.17) is 9.47 Å². The van der Waals surface area contributed by atoms with Gasteiger partial charge in [-0.25, -0.2) is 4.79 Å². The minimum Gasteiger partial charge on any atom is -0.495 e. The van der Waals surface area contributed by atoms with Gasteiger partial charge in [-0.15, -0.1) is 0 Å². The van der Waals surface area contributed by atoms with Crippen LogP contribution in [0.4, 0.5) is 10.5 Å². The standard InChI is InChI=1S/C22H29N3O3/c1-16-13-25(14-17(2)28-16)15-19-10-8-18(9-11-19)12-23-22(26)24-20-6-4-5-7-21(20)27-3/h4-11,16-17H,12-15H2,1-3H3,(H2,23,24,26)/t16-,17+. The van der Waals surface area contributed by atoms with E-state index in [1.807, 2.05) is 18.2 Å². The van der Waals surface area contributed by atoms with Gasteiger partial charge in [0.1, 0.15) is 5.75 Å². The molecule has 1 aliphatic heterocycles. The number of amides is 2. The fourth-order valence-electron chi connectivity index (χ4n) is 3.53. The Hall–Kier alpha value is -2.57. The molecule has 2 aromatic rings.